The molecule has 1 atom stereocenters. The van der Waals surface area contributed by atoms with E-state index in [0.717, 1.165) is 0 Å². The fourth-order valence-electron chi connectivity index (χ4n) is 1.08. The van der Waals surface area contributed by atoms with Crippen LogP contribution in [0.5, 0.6) is 0 Å². The zero-order valence-electron chi connectivity index (χ0n) is 6.83. The lowest BCUT2D eigenvalue weighted by atomic mass is 10.1. The van der Waals surface area contributed by atoms with Crippen molar-refractivity contribution in [1.29, 1.82) is 0 Å². The van der Waals surface area contributed by atoms with Crippen LogP contribution in [0.4, 0.5) is 0 Å². The summed E-state index contributed by atoms with van der Waals surface area (Å²) in [5.74, 6) is 0.632. The Bertz CT molecular complexity index is 203. The highest BCUT2D eigenvalue weighted by Crippen LogP contribution is 2.16. The SMILES string of the molecule is CC[C@H](C)c1ccnn1C. The number of hydrogen-bond donors (Lipinski definition) is 0. The minimum absolute atomic E-state index is 0.632. The number of rotatable bonds is 2. The topological polar surface area (TPSA) is 17.8 Å². The van der Waals surface area contributed by atoms with Gasteiger partial charge in [-0.1, -0.05) is 13.8 Å². The van der Waals surface area contributed by atoms with Gasteiger partial charge < -0.3 is 0 Å². The van der Waals surface area contributed by atoms with Gasteiger partial charge in [-0.25, -0.2) is 0 Å². The Balaban J connectivity index is 2.82. The van der Waals surface area contributed by atoms with Crippen molar-refractivity contribution in [3.63, 3.8) is 0 Å². The van der Waals surface area contributed by atoms with Gasteiger partial charge in [0.05, 0.1) is 0 Å². The molecule has 0 fully saturated rings. The van der Waals surface area contributed by atoms with Crippen LogP contribution in [0.3, 0.4) is 0 Å². The molecule has 0 aromatic carbocycles. The average Bonchev–Trinajstić information content (AvgIpc) is 2.34. The second-order valence-electron chi connectivity index (χ2n) is 2.69. The van der Waals surface area contributed by atoms with E-state index < -0.39 is 0 Å². The molecule has 0 amide bonds. The Kier molecular flexibility index (Phi) is 2.10. The fourth-order valence-corrected chi connectivity index (χ4v) is 1.08. The first-order valence-corrected chi connectivity index (χ1v) is 3.73. The molecule has 56 valence electrons. The average molecular weight is 138 g/mol. The molecule has 2 heteroatoms. The van der Waals surface area contributed by atoms with E-state index in [4.69, 9.17) is 0 Å². The summed E-state index contributed by atoms with van der Waals surface area (Å²) in [4.78, 5) is 0. The van der Waals surface area contributed by atoms with Crippen molar-refractivity contribution in [2.24, 2.45) is 7.05 Å². The van der Waals surface area contributed by atoms with Gasteiger partial charge in [-0.3, -0.25) is 4.68 Å². The van der Waals surface area contributed by atoms with Crippen LogP contribution in [0, 0.1) is 0 Å². The van der Waals surface area contributed by atoms with E-state index in [9.17, 15) is 0 Å². The van der Waals surface area contributed by atoms with Gasteiger partial charge in [0.2, 0.25) is 0 Å². The molecule has 0 N–H and O–H groups in total. The molecular weight excluding hydrogens is 124 g/mol. The largest absolute Gasteiger partial charge is 0.272 e. The number of aryl methyl sites for hydroxylation is 1. The lowest BCUT2D eigenvalue weighted by molar-refractivity contribution is 0.625. The van der Waals surface area contributed by atoms with E-state index in [1.54, 1.807) is 0 Å². The molecule has 1 heterocycles. The lowest BCUT2D eigenvalue weighted by Crippen LogP contribution is -2.01. The summed E-state index contributed by atoms with van der Waals surface area (Å²) < 4.78 is 1.94. The van der Waals surface area contributed by atoms with Gasteiger partial charge in [0.1, 0.15) is 0 Å². The molecule has 0 unspecified atom stereocenters. The van der Waals surface area contributed by atoms with Crippen molar-refractivity contribution < 1.29 is 0 Å². The molecule has 10 heavy (non-hydrogen) atoms. The van der Waals surface area contributed by atoms with Gasteiger partial charge in [0.25, 0.3) is 0 Å². The lowest BCUT2D eigenvalue weighted by Gasteiger charge is -2.07. The summed E-state index contributed by atoms with van der Waals surface area (Å²) in [7, 11) is 1.99. The van der Waals surface area contributed by atoms with Crippen LogP contribution in [0.1, 0.15) is 31.9 Å². The van der Waals surface area contributed by atoms with Crippen molar-refractivity contribution in [1.82, 2.24) is 9.78 Å². The van der Waals surface area contributed by atoms with E-state index in [1.165, 1.54) is 12.1 Å². The van der Waals surface area contributed by atoms with Gasteiger partial charge in [-0.15, -0.1) is 0 Å². The molecule has 2 nitrogen and oxygen atoms in total. The first kappa shape index (κ1) is 7.32. The Hall–Kier alpha value is -0.790. The summed E-state index contributed by atoms with van der Waals surface area (Å²) in [5, 5.41) is 4.10. The minimum atomic E-state index is 0.632. The third-order valence-corrected chi connectivity index (χ3v) is 1.98. The third kappa shape index (κ3) is 1.20. The van der Waals surface area contributed by atoms with Gasteiger partial charge in [-0.2, -0.15) is 5.10 Å². The van der Waals surface area contributed by atoms with Crippen LogP contribution < -0.4 is 0 Å². The molecule has 1 rings (SSSR count). The fraction of sp³-hybridized carbons (Fsp3) is 0.625. The van der Waals surface area contributed by atoms with Crippen molar-refractivity contribution in [3.05, 3.63) is 18.0 Å². The zero-order chi connectivity index (χ0) is 7.56. The molecule has 0 aliphatic heterocycles. The van der Waals surface area contributed by atoms with Crippen molar-refractivity contribution >= 4 is 0 Å². The number of aromatic nitrogens is 2. The van der Waals surface area contributed by atoms with Crippen molar-refractivity contribution in [2.75, 3.05) is 0 Å². The minimum Gasteiger partial charge on any atom is -0.272 e. The zero-order valence-corrected chi connectivity index (χ0v) is 6.83. The number of nitrogens with zero attached hydrogens (tertiary/aromatic N) is 2. The van der Waals surface area contributed by atoms with Crippen LogP contribution >= 0.6 is 0 Å². The Morgan fingerprint density at radius 3 is 2.80 bits per heavy atom. The normalized spacial score (nSPS) is 13.5. The smallest absolute Gasteiger partial charge is 0.0492 e. The Labute approximate surface area is 61.9 Å². The van der Waals surface area contributed by atoms with Crippen LogP contribution in [-0.4, -0.2) is 9.78 Å². The Morgan fingerprint density at radius 1 is 1.70 bits per heavy atom. The molecule has 1 aromatic rings. The maximum atomic E-state index is 4.10. The highest BCUT2D eigenvalue weighted by molar-refractivity contribution is 5.05. The molecule has 0 radical (unpaired) electrons. The highest BCUT2D eigenvalue weighted by Gasteiger charge is 2.05. The van der Waals surface area contributed by atoms with E-state index in [-0.39, 0.29) is 0 Å². The summed E-state index contributed by atoms with van der Waals surface area (Å²) in [6, 6.07) is 2.08. The summed E-state index contributed by atoms with van der Waals surface area (Å²) in [6.07, 6.45) is 3.03. The van der Waals surface area contributed by atoms with E-state index in [0.29, 0.717) is 5.92 Å². The molecule has 0 spiro atoms. The molecule has 0 aliphatic carbocycles. The third-order valence-electron chi connectivity index (χ3n) is 1.98. The second kappa shape index (κ2) is 2.86. The Morgan fingerprint density at radius 2 is 2.40 bits per heavy atom. The maximum Gasteiger partial charge on any atom is 0.0492 e. The second-order valence-corrected chi connectivity index (χ2v) is 2.69. The predicted octanol–water partition coefficient (Wildman–Crippen LogP) is 1.93. The highest BCUT2D eigenvalue weighted by atomic mass is 15.3. The molecule has 0 saturated heterocycles. The molecule has 0 saturated carbocycles. The summed E-state index contributed by atoms with van der Waals surface area (Å²) in [5.41, 5.74) is 1.32. The summed E-state index contributed by atoms with van der Waals surface area (Å²) >= 11 is 0. The van der Waals surface area contributed by atoms with Crippen molar-refractivity contribution in [3.8, 4) is 0 Å². The van der Waals surface area contributed by atoms with E-state index in [1.807, 2.05) is 17.9 Å². The van der Waals surface area contributed by atoms with Crippen molar-refractivity contribution in [2.45, 2.75) is 26.2 Å². The molecule has 0 aliphatic rings. The van der Waals surface area contributed by atoms with Crippen LogP contribution in [0.25, 0.3) is 0 Å². The van der Waals surface area contributed by atoms with E-state index in [2.05, 4.69) is 25.0 Å². The first-order chi connectivity index (χ1) is 4.75. The van der Waals surface area contributed by atoms with Crippen LogP contribution in [0.15, 0.2) is 12.3 Å². The predicted molar refractivity (Wildman–Crippen MR) is 41.9 cm³/mol. The monoisotopic (exact) mass is 138 g/mol. The maximum absolute atomic E-state index is 4.10. The summed E-state index contributed by atoms with van der Waals surface area (Å²) in [6.45, 7) is 4.41. The molecule has 1 aromatic heterocycles. The standard InChI is InChI=1S/C8H14N2/c1-4-7(2)8-5-6-9-10(8)3/h5-7H,4H2,1-3H3/t7-/m0/s1. The number of hydrogen-bond acceptors (Lipinski definition) is 1. The van der Waals surface area contributed by atoms with Gasteiger partial charge in [0, 0.05) is 18.9 Å². The van der Waals surface area contributed by atoms with Gasteiger partial charge in [0.15, 0.2) is 0 Å². The van der Waals surface area contributed by atoms with E-state index >= 15 is 0 Å². The van der Waals surface area contributed by atoms with Crippen LogP contribution in [0.2, 0.25) is 0 Å². The van der Waals surface area contributed by atoms with Crippen LogP contribution in [-0.2, 0) is 7.05 Å². The molecule has 0 bridgehead atoms. The quantitative estimate of drug-likeness (QED) is 0.610. The van der Waals surface area contributed by atoms with Gasteiger partial charge in [-0.05, 0) is 18.4 Å². The molecular formula is C8H14N2. The van der Waals surface area contributed by atoms with Gasteiger partial charge >= 0.3 is 0 Å². The first-order valence-electron chi connectivity index (χ1n) is 3.73.